The predicted molar refractivity (Wildman–Crippen MR) is 138 cm³/mol. The van der Waals surface area contributed by atoms with Crippen LogP contribution in [-0.4, -0.2) is 54.1 Å². The minimum Gasteiger partial charge on any atom is -0.497 e. The number of benzene rings is 3. The summed E-state index contributed by atoms with van der Waals surface area (Å²) in [4.78, 5) is 26.9. The van der Waals surface area contributed by atoms with Gasteiger partial charge in [0.05, 0.1) is 18.7 Å². The summed E-state index contributed by atoms with van der Waals surface area (Å²) in [5.41, 5.74) is 3.92. The second-order valence-corrected chi connectivity index (χ2v) is 8.56. The summed E-state index contributed by atoms with van der Waals surface area (Å²) in [5.74, 6) is 1.53. The normalized spacial score (nSPS) is 13.7. The molecule has 1 aliphatic heterocycles. The zero-order valence-electron chi connectivity index (χ0n) is 19.7. The standard InChI is InChI=1S/C29H28N4O2/c1-35-25-14-12-22(13-15-25)26-20-27(31-21-30-26)32-16-18-33(19-17-32)29(34)28(23-8-4-2-5-9-23)24-10-6-3-7-11-24/h2-15,20-21,28H,16-19H2,1H3. The van der Waals surface area contributed by atoms with Gasteiger partial charge in [-0.3, -0.25) is 4.79 Å². The van der Waals surface area contributed by atoms with Crippen LogP contribution in [0.4, 0.5) is 5.82 Å². The Balaban J connectivity index is 1.30. The van der Waals surface area contributed by atoms with Gasteiger partial charge in [-0.25, -0.2) is 9.97 Å². The van der Waals surface area contributed by atoms with Crippen LogP contribution in [0.15, 0.2) is 97.3 Å². The Kier molecular flexibility index (Phi) is 6.70. The highest BCUT2D eigenvalue weighted by Crippen LogP contribution is 2.28. The van der Waals surface area contributed by atoms with Crippen LogP contribution in [0, 0.1) is 0 Å². The lowest BCUT2D eigenvalue weighted by Gasteiger charge is -2.37. The number of carbonyl (C=O) groups excluding carboxylic acids is 1. The van der Waals surface area contributed by atoms with E-state index in [-0.39, 0.29) is 11.8 Å². The van der Waals surface area contributed by atoms with Gasteiger partial charge in [0.25, 0.3) is 0 Å². The van der Waals surface area contributed by atoms with Crippen molar-refractivity contribution < 1.29 is 9.53 Å². The van der Waals surface area contributed by atoms with Crippen molar-refractivity contribution in [2.75, 3.05) is 38.2 Å². The highest BCUT2D eigenvalue weighted by molar-refractivity contribution is 5.87. The third-order valence-electron chi connectivity index (χ3n) is 6.47. The molecule has 0 unspecified atom stereocenters. The molecule has 5 rings (SSSR count). The summed E-state index contributed by atoms with van der Waals surface area (Å²) < 4.78 is 5.25. The van der Waals surface area contributed by atoms with Crippen molar-refractivity contribution in [1.29, 1.82) is 0 Å². The highest BCUT2D eigenvalue weighted by atomic mass is 16.5. The number of ether oxygens (including phenoxy) is 1. The maximum Gasteiger partial charge on any atom is 0.234 e. The lowest BCUT2D eigenvalue weighted by molar-refractivity contribution is -0.132. The van der Waals surface area contributed by atoms with Crippen molar-refractivity contribution in [3.8, 4) is 17.0 Å². The molecule has 6 heteroatoms. The van der Waals surface area contributed by atoms with Crippen LogP contribution < -0.4 is 9.64 Å². The van der Waals surface area contributed by atoms with E-state index in [1.165, 1.54) is 0 Å². The number of hydrogen-bond acceptors (Lipinski definition) is 5. The van der Waals surface area contributed by atoms with E-state index in [2.05, 4.69) is 14.9 Å². The van der Waals surface area contributed by atoms with Crippen LogP contribution in [0.3, 0.4) is 0 Å². The molecule has 6 nitrogen and oxygen atoms in total. The molecule has 0 saturated carbocycles. The average Bonchev–Trinajstić information content (AvgIpc) is 2.94. The van der Waals surface area contributed by atoms with Gasteiger partial charge in [-0.2, -0.15) is 0 Å². The van der Waals surface area contributed by atoms with E-state index in [1.807, 2.05) is 95.9 Å². The van der Waals surface area contributed by atoms with Gasteiger partial charge >= 0.3 is 0 Å². The molecule has 0 aliphatic carbocycles. The molecule has 0 spiro atoms. The molecule has 4 aromatic rings. The second-order valence-electron chi connectivity index (χ2n) is 8.56. The maximum atomic E-state index is 13.7. The predicted octanol–water partition coefficient (Wildman–Crippen LogP) is 4.63. The van der Waals surface area contributed by atoms with Crippen LogP contribution in [0.25, 0.3) is 11.3 Å². The van der Waals surface area contributed by atoms with Crippen molar-refractivity contribution in [3.05, 3.63) is 108 Å². The van der Waals surface area contributed by atoms with Crippen molar-refractivity contribution in [1.82, 2.24) is 14.9 Å². The topological polar surface area (TPSA) is 58.6 Å². The Bertz CT molecular complexity index is 1220. The van der Waals surface area contributed by atoms with E-state index in [1.54, 1.807) is 13.4 Å². The van der Waals surface area contributed by atoms with E-state index in [9.17, 15) is 4.79 Å². The van der Waals surface area contributed by atoms with Gasteiger partial charge in [0.15, 0.2) is 0 Å². The van der Waals surface area contributed by atoms with Crippen molar-refractivity contribution in [3.63, 3.8) is 0 Å². The van der Waals surface area contributed by atoms with Gasteiger partial charge in [-0.1, -0.05) is 60.7 Å². The van der Waals surface area contributed by atoms with Crippen LogP contribution in [0.5, 0.6) is 5.75 Å². The van der Waals surface area contributed by atoms with Gasteiger partial charge in [-0.15, -0.1) is 0 Å². The van der Waals surface area contributed by atoms with Crippen LogP contribution in [0.1, 0.15) is 17.0 Å². The average molecular weight is 465 g/mol. The second kappa shape index (κ2) is 10.4. The van der Waals surface area contributed by atoms with Crippen LogP contribution in [-0.2, 0) is 4.79 Å². The molecule has 0 N–H and O–H groups in total. The first kappa shape index (κ1) is 22.6. The van der Waals surface area contributed by atoms with Gasteiger partial charge in [-0.05, 0) is 35.4 Å². The fraction of sp³-hybridized carbons (Fsp3) is 0.207. The summed E-state index contributed by atoms with van der Waals surface area (Å²) in [7, 11) is 1.66. The van der Waals surface area contributed by atoms with Crippen molar-refractivity contribution >= 4 is 11.7 Å². The fourth-order valence-corrected chi connectivity index (χ4v) is 4.55. The van der Waals surface area contributed by atoms with Gasteiger partial charge in [0.1, 0.15) is 17.9 Å². The zero-order valence-corrected chi connectivity index (χ0v) is 19.7. The summed E-state index contributed by atoms with van der Waals surface area (Å²) >= 11 is 0. The van der Waals surface area contributed by atoms with E-state index in [0.29, 0.717) is 13.1 Å². The lowest BCUT2D eigenvalue weighted by Crippen LogP contribution is -2.50. The summed E-state index contributed by atoms with van der Waals surface area (Å²) in [6.45, 7) is 2.75. The zero-order chi connectivity index (χ0) is 24.0. The number of carbonyl (C=O) groups is 1. The molecule has 1 aromatic heterocycles. The highest BCUT2D eigenvalue weighted by Gasteiger charge is 2.30. The molecule has 1 saturated heterocycles. The van der Waals surface area contributed by atoms with Crippen molar-refractivity contribution in [2.45, 2.75) is 5.92 Å². The summed E-state index contributed by atoms with van der Waals surface area (Å²) in [6, 6.07) is 29.9. The molecule has 35 heavy (non-hydrogen) atoms. The number of anilines is 1. The number of rotatable bonds is 6. The smallest absolute Gasteiger partial charge is 0.234 e. The van der Waals surface area contributed by atoms with E-state index >= 15 is 0 Å². The third kappa shape index (κ3) is 5.01. The first-order valence-corrected chi connectivity index (χ1v) is 11.8. The quantitative estimate of drug-likeness (QED) is 0.416. The van der Waals surface area contributed by atoms with E-state index < -0.39 is 0 Å². The SMILES string of the molecule is COc1ccc(-c2cc(N3CCN(C(=O)C(c4ccccc4)c4ccccc4)CC3)ncn2)cc1. The number of piperazine rings is 1. The van der Waals surface area contributed by atoms with Gasteiger partial charge in [0.2, 0.25) is 5.91 Å². The van der Waals surface area contributed by atoms with Crippen molar-refractivity contribution in [2.24, 2.45) is 0 Å². The largest absolute Gasteiger partial charge is 0.497 e. The molecule has 0 radical (unpaired) electrons. The number of nitrogens with zero attached hydrogens (tertiary/aromatic N) is 4. The molecule has 0 atom stereocenters. The third-order valence-corrected chi connectivity index (χ3v) is 6.47. The first-order valence-electron chi connectivity index (χ1n) is 11.8. The number of aromatic nitrogens is 2. The van der Waals surface area contributed by atoms with E-state index in [4.69, 9.17) is 4.74 Å². The molecule has 1 amide bonds. The molecule has 1 aliphatic rings. The maximum absolute atomic E-state index is 13.7. The minimum absolute atomic E-state index is 0.142. The molecule has 0 bridgehead atoms. The lowest BCUT2D eigenvalue weighted by atomic mass is 9.90. The molecular weight excluding hydrogens is 436 g/mol. The number of hydrogen-bond donors (Lipinski definition) is 0. The molecule has 1 fully saturated rings. The first-order chi connectivity index (χ1) is 17.2. The van der Waals surface area contributed by atoms with Gasteiger partial charge < -0.3 is 14.5 Å². The van der Waals surface area contributed by atoms with E-state index in [0.717, 1.165) is 47.0 Å². The monoisotopic (exact) mass is 464 g/mol. The Labute approximate surface area is 205 Å². The Hall–Kier alpha value is -4.19. The summed E-state index contributed by atoms with van der Waals surface area (Å²) in [5, 5.41) is 0. The molecule has 3 aromatic carbocycles. The molecule has 2 heterocycles. The molecule has 176 valence electrons. The minimum atomic E-state index is -0.301. The Morgan fingerprint density at radius 2 is 1.40 bits per heavy atom. The fourth-order valence-electron chi connectivity index (χ4n) is 4.55. The van der Waals surface area contributed by atoms with Gasteiger partial charge in [0, 0.05) is 37.8 Å². The summed E-state index contributed by atoms with van der Waals surface area (Å²) in [6.07, 6.45) is 1.60. The Morgan fingerprint density at radius 3 is 1.97 bits per heavy atom. The Morgan fingerprint density at radius 1 is 0.800 bits per heavy atom. The molecular formula is C29H28N4O2. The number of methoxy groups -OCH3 is 1. The van der Waals surface area contributed by atoms with Crippen LogP contribution >= 0.6 is 0 Å². The number of amides is 1. The van der Waals surface area contributed by atoms with Crippen LogP contribution in [0.2, 0.25) is 0 Å².